The molecular formula is C63H70O25. The number of epoxide rings is 8. The lowest BCUT2D eigenvalue weighted by molar-refractivity contribution is 0.0430. The van der Waals surface area contributed by atoms with Crippen molar-refractivity contribution in [3.8, 4) is 5.75 Å². The molecule has 12 rings (SSSR count). The molecule has 4 aromatic carbocycles. The van der Waals surface area contributed by atoms with Gasteiger partial charge in [-0.2, -0.15) is 0 Å². The summed E-state index contributed by atoms with van der Waals surface area (Å²) in [5.74, 6) is -3.60. The summed E-state index contributed by atoms with van der Waals surface area (Å²) in [6, 6.07) is 19.2. The number of aryl methyl sites for hydroxylation is 2. The van der Waals surface area contributed by atoms with Gasteiger partial charge in [0.2, 0.25) is 0 Å². The van der Waals surface area contributed by atoms with Crippen LogP contribution in [0.25, 0.3) is 0 Å². The van der Waals surface area contributed by atoms with Gasteiger partial charge >= 0.3 is 47.8 Å². The van der Waals surface area contributed by atoms with Gasteiger partial charge in [0.15, 0.2) is 0 Å². The van der Waals surface area contributed by atoms with Crippen LogP contribution in [0.5, 0.6) is 5.75 Å². The van der Waals surface area contributed by atoms with Crippen LogP contribution < -0.4 is 4.74 Å². The molecule has 8 aliphatic rings. The molecule has 0 radical (unpaired) electrons. The lowest BCUT2D eigenvalue weighted by Gasteiger charge is -2.20. The molecule has 8 fully saturated rings. The van der Waals surface area contributed by atoms with Gasteiger partial charge in [-0.3, -0.25) is 0 Å². The van der Waals surface area contributed by atoms with E-state index in [9.17, 15) is 38.4 Å². The molecule has 0 spiro atoms. The van der Waals surface area contributed by atoms with Gasteiger partial charge in [0.25, 0.3) is 0 Å². The first kappa shape index (κ1) is 64.6. The average Bonchev–Trinajstić information content (AvgIpc) is 3.40. The Kier molecular flexibility index (Phi) is 21.9. The van der Waals surface area contributed by atoms with E-state index in [-0.39, 0.29) is 129 Å². The summed E-state index contributed by atoms with van der Waals surface area (Å²) < 4.78 is 86.2. The Balaban J connectivity index is 0.000000140. The molecule has 25 heteroatoms. The maximum Gasteiger partial charge on any atom is 0.339 e. The molecule has 8 atom stereocenters. The van der Waals surface area contributed by atoms with Crippen LogP contribution in [0.3, 0.4) is 0 Å². The molecule has 0 amide bonds. The van der Waals surface area contributed by atoms with E-state index < -0.39 is 47.8 Å². The minimum Gasteiger partial charge on any atom is -0.497 e. The number of carbonyl (C=O) groups excluding carboxylic acids is 8. The number of rotatable bonds is 25. The highest BCUT2D eigenvalue weighted by Crippen LogP contribution is 2.28. The molecule has 25 nitrogen and oxygen atoms in total. The maximum atomic E-state index is 12.3. The highest BCUT2D eigenvalue weighted by Gasteiger charge is 2.33. The second-order valence-electron chi connectivity index (χ2n) is 22.5. The van der Waals surface area contributed by atoms with Crippen LogP contribution in [-0.4, -0.2) is 209 Å². The summed E-state index contributed by atoms with van der Waals surface area (Å²) >= 11 is 0. The zero-order chi connectivity index (χ0) is 62.5. The van der Waals surface area contributed by atoms with E-state index >= 15 is 0 Å². The molecule has 0 aliphatic carbocycles. The van der Waals surface area contributed by atoms with E-state index in [1.54, 1.807) is 42.5 Å². The van der Waals surface area contributed by atoms with E-state index in [2.05, 4.69) is 0 Å². The topological polar surface area (TPSA) is 320 Å². The summed E-state index contributed by atoms with van der Waals surface area (Å²) in [7, 11) is 1.45. The number of hydrogen-bond donors (Lipinski definition) is 0. The monoisotopic (exact) mass is 1230 g/mol. The fourth-order valence-corrected chi connectivity index (χ4v) is 7.69. The van der Waals surface area contributed by atoms with Gasteiger partial charge in [0.1, 0.15) is 107 Å². The predicted molar refractivity (Wildman–Crippen MR) is 301 cm³/mol. The summed E-state index contributed by atoms with van der Waals surface area (Å²) in [5, 5.41) is 0. The molecule has 0 N–H and O–H groups in total. The Morgan fingerprint density at radius 1 is 0.352 bits per heavy atom. The van der Waals surface area contributed by atoms with Crippen molar-refractivity contribution in [2.75, 3.05) is 113 Å². The quantitative estimate of drug-likeness (QED) is 0.0472. The fraction of sp³-hybridized carbons (Fsp3) is 0.492. The van der Waals surface area contributed by atoms with Crippen molar-refractivity contribution >= 4 is 47.8 Å². The van der Waals surface area contributed by atoms with E-state index in [0.717, 1.165) is 16.7 Å². The molecule has 0 aromatic heterocycles. The van der Waals surface area contributed by atoms with Crippen molar-refractivity contribution in [1.82, 2.24) is 0 Å². The van der Waals surface area contributed by atoms with Crippen molar-refractivity contribution in [3.63, 3.8) is 0 Å². The highest BCUT2D eigenvalue weighted by molar-refractivity contribution is 6.03. The minimum absolute atomic E-state index is 0.00252. The van der Waals surface area contributed by atoms with E-state index in [1.165, 1.54) is 37.4 Å². The molecule has 0 bridgehead atoms. The number of ether oxygens (including phenoxy) is 17. The van der Waals surface area contributed by atoms with Crippen LogP contribution in [0.4, 0.5) is 0 Å². The van der Waals surface area contributed by atoms with Crippen molar-refractivity contribution in [3.05, 3.63) is 134 Å². The maximum absolute atomic E-state index is 12.3. The van der Waals surface area contributed by atoms with Crippen molar-refractivity contribution < 1.29 is 119 Å². The van der Waals surface area contributed by atoms with E-state index in [1.807, 2.05) is 34.6 Å². The second kappa shape index (κ2) is 29.9. The Morgan fingerprint density at radius 2 is 0.591 bits per heavy atom. The Hall–Kier alpha value is -7.88. The molecule has 472 valence electrons. The Labute approximate surface area is 506 Å². The number of carbonyl (C=O) groups is 8. The van der Waals surface area contributed by atoms with Crippen molar-refractivity contribution in [2.24, 2.45) is 0 Å². The third-order valence-corrected chi connectivity index (χ3v) is 13.7. The van der Waals surface area contributed by atoms with E-state index in [0.29, 0.717) is 80.9 Å². The smallest absolute Gasteiger partial charge is 0.339 e. The summed E-state index contributed by atoms with van der Waals surface area (Å²) in [5.41, 5.74) is 4.49. The molecule has 0 saturated carbocycles. The molecule has 8 heterocycles. The molecular weight excluding hydrogens is 1160 g/mol. The Bertz CT molecular complexity index is 2980. The largest absolute Gasteiger partial charge is 0.497 e. The number of hydrogen-bond acceptors (Lipinski definition) is 25. The number of methoxy groups -OCH3 is 1. The number of benzene rings is 4. The van der Waals surface area contributed by atoms with Crippen molar-refractivity contribution in [2.45, 2.75) is 88.9 Å². The minimum atomic E-state index is -0.546. The van der Waals surface area contributed by atoms with Crippen LogP contribution in [0, 0.1) is 13.8 Å². The van der Waals surface area contributed by atoms with Gasteiger partial charge in [-0.1, -0.05) is 39.0 Å². The van der Waals surface area contributed by atoms with Crippen LogP contribution in [0.1, 0.15) is 120 Å². The van der Waals surface area contributed by atoms with Crippen LogP contribution in [0.15, 0.2) is 72.8 Å². The number of esters is 8. The third kappa shape index (κ3) is 21.5. The van der Waals surface area contributed by atoms with Crippen LogP contribution in [-0.2, 0) is 81.2 Å². The average molecular weight is 1230 g/mol. The standard InChI is InChI=1S/C18H22O6.C16H18O6.C15H16O7.C14H14O6/c1-18(2,3)13-5-11(16(19)23-9-14-7-21-14)4-12(6-13)17(20)24-10-15-8-22-15;1-9-3-10(2)14(16(18)22-8-12-6-20-12)4-13(9)15(17)21-7-11-5-19-11;1-18-11-3-9(14(16)21-7-12-5-19-12)2-10(4-11)15(17)22-8-13-6-20-13;15-13(19-7-9-5-17-9)11-3-1-2-4-12(11)14(16)20-8-10-6-18-10/h4-6,14-15H,7-10H2,1-3H3;3-4,11-12H,5-8H2,1-2H3;2-4,12-13H,5-8H2,1H3;1-4,9-10H,5-8H2. The van der Waals surface area contributed by atoms with Gasteiger partial charge in [-0.15, -0.1) is 0 Å². The van der Waals surface area contributed by atoms with Gasteiger partial charge in [0, 0.05) is 0 Å². The molecule has 8 aliphatic heterocycles. The first-order valence-electron chi connectivity index (χ1n) is 28.6. The second-order valence-corrected chi connectivity index (χ2v) is 22.5. The van der Waals surface area contributed by atoms with Gasteiger partial charge < -0.3 is 80.5 Å². The van der Waals surface area contributed by atoms with Gasteiger partial charge in [0.05, 0.1) is 104 Å². The summed E-state index contributed by atoms with van der Waals surface area (Å²) in [4.78, 5) is 96.6. The molecule has 8 saturated heterocycles. The highest BCUT2D eigenvalue weighted by atomic mass is 16.7. The van der Waals surface area contributed by atoms with Crippen LogP contribution in [0.2, 0.25) is 0 Å². The Morgan fingerprint density at radius 3 is 0.830 bits per heavy atom. The first-order chi connectivity index (χ1) is 42.3. The van der Waals surface area contributed by atoms with Gasteiger partial charge in [-0.25, -0.2) is 38.4 Å². The lowest BCUT2D eigenvalue weighted by atomic mass is 9.85. The zero-order valence-corrected chi connectivity index (χ0v) is 49.6. The normalized spacial score (nSPS) is 22.2. The zero-order valence-electron chi connectivity index (χ0n) is 49.6. The predicted octanol–water partition coefficient (Wildman–Crippen LogP) is 5.11. The molecule has 88 heavy (non-hydrogen) atoms. The van der Waals surface area contributed by atoms with Crippen molar-refractivity contribution in [1.29, 1.82) is 0 Å². The third-order valence-electron chi connectivity index (χ3n) is 13.7. The fourth-order valence-electron chi connectivity index (χ4n) is 7.69. The summed E-state index contributed by atoms with van der Waals surface area (Å²) in [6.07, 6.45) is -0.0222. The SMILES string of the molecule is CC(C)(C)c1cc(C(=O)OCC2CO2)cc(C(=O)OCC2CO2)c1.COc1cc(C(=O)OCC2CO2)cc(C(=O)OCC2CO2)c1.Cc1cc(C)c(C(=O)OCC2CO2)cc1C(=O)OCC1CO1.O=C(OCC1CO1)c1ccccc1C(=O)OCC1CO1. The first-order valence-corrected chi connectivity index (χ1v) is 28.6. The lowest BCUT2D eigenvalue weighted by Crippen LogP contribution is -2.18. The van der Waals surface area contributed by atoms with Crippen LogP contribution >= 0.6 is 0 Å². The van der Waals surface area contributed by atoms with E-state index in [4.69, 9.17) is 80.5 Å². The summed E-state index contributed by atoms with van der Waals surface area (Å²) in [6.45, 7) is 16.4. The molecule has 4 aromatic rings. The van der Waals surface area contributed by atoms with Gasteiger partial charge in [-0.05, 0) is 90.6 Å². The molecule has 8 unspecified atom stereocenters.